The summed E-state index contributed by atoms with van der Waals surface area (Å²) in [5.74, 6) is -0.000525. The fraction of sp³-hybridized carbons (Fsp3) is 0.333. The van der Waals surface area contributed by atoms with E-state index < -0.39 is 18.2 Å². The number of Topliss-reactive ketones (excluding diaryl/α,β-unsaturated/α-hetero) is 1. The Morgan fingerprint density at radius 2 is 1.84 bits per heavy atom. The number of alkyl halides is 3. The molecule has 0 amide bonds. The molecule has 166 valence electrons. The maximum atomic E-state index is 14.1. The van der Waals surface area contributed by atoms with E-state index in [1.165, 1.54) is 12.1 Å². The van der Waals surface area contributed by atoms with E-state index in [1.54, 1.807) is 12.1 Å². The first-order chi connectivity index (χ1) is 14.6. The number of hydrogen-bond acceptors (Lipinski definition) is 4. The van der Waals surface area contributed by atoms with Crippen LogP contribution >= 0.6 is 34.8 Å². The van der Waals surface area contributed by atoms with E-state index in [4.69, 9.17) is 39.6 Å². The van der Waals surface area contributed by atoms with Crippen LogP contribution in [-0.2, 0) is 15.2 Å². The number of anilines is 1. The zero-order chi connectivity index (χ0) is 22.8. The van der Waals surface area contributed by atoms with Gasteiger partial charge in [0.05, 0.1) is 23.0 Å². The third-order valence-electron chi connectivity index (χ3n) is 4.82. The molecule has 1 unspecified atom stereocenters. The lowest BCUT2D eigenvalue weighted by Crippen LogP contribution is -2.42. The molecule has 2 aromatic carbocycles. The van der Waals surface area contributed by atoms with Crippen molar-refractivity contribution in [3.63, 3.8) is 0 Å². The molecule has 0 saturated carbocycles. The van der Waals surface area contributed by atoms with Gasteiger partial charge in [0.2, 0.25) is 0 Å². The SMILES string of the molecule is CCCC(=O)CNc1cc(C2=NOC(c3cc(Cl)cc(Cl)c3)(C(F)(F)F)C2)ccc1Cl. The van der Waals surface area contributed by atoms with Crippen LogP contribution in [0.3, 0.4) is 0 Å². The summed E-state index contributed by atoms with van der Waals surface area (Å²) >= 11 is 18.0. The van der Waals surface area contributed by atoms with Gasteiger partial charge in [0, 0.05) is 34.0 Å². The smallest absolute Gasteiger partial charge is 0.377 e. The van der Waals surface area contributed by atoms with E-state index >= 15 is 0 Å². The number of hydrogen-bond donors (Lipinski definition) is 1. The van der Waals surface area contributed by atoms with Gasteiger partial charge >= 0.3 is 6.18 Å². The topological polar surface area (TPSA) is 50.7 Å². The number of nitrogens with one attached hydrogen (secondary N) is 1. The van der Waals surface area contributed by atoms with Crippen molar-refractivity contribution < 1.29 is 22.8 Å². The molecule has 0 aliphatic carbocycles. The Balaban J connectivity index is 1.90. The first-order valence-electron chi connectivity index (χ1n) is 9.39. The normalized spacial score (nSPS) is 18.5. The van der Waals surface area contributed by atoms with Crippen molar-refractivity contribution in [3.8, 4) is 0 Å². The van der Waals surface area contributed by atoms with E-state index in [0.29, 0.717) is 22.7 Å². The second kappa shape index (κ2) is 9.27. The molecule has 0 spiro atoms. The fourth-order valence-electron chi connectivity index (χ4n) is 3.25. The zero-order valence-corrected chi connectivity index (χ0v) is 18.6. The Morgan fingerprint density at radius 1 is 1.16 bits per heavy atom. The lowest BCUT2D eigenvalue weighted by Gasteiger charge is -2.29. The molecule has 0 radical (unpaired) electrons. The highest BCUT2D eigenvalue weighted by atomic mass is 35.5. The number of benzene rings is 2. The first-order valence-corrected chi connectivity index (χ1v) is 10.5. The summed E-state index contributed by atoms with van der Waals surface area (Å²) in [5.41, 5.74) is -2.08. The van der Waals surface area contributed by atoms with Crippen LogP contribution in [0.5, 0.6) is 0 Å². The van der Waals surface area contributed by atoms with Gasteiger partial charge in [-0.1, -0.05) is 52.9 Å². The number of oxime groups is 1. The Kier molecular flexibility index (Phi) is 7.08. The van der Waals surface area contributed by atoms with E-state index in [9.17, 15) is 18.0 Å². The van der Waals surface area contributed by atoms with Crippen LogP contribution in [0, 0.1) is 0 Å². The van der Waals surface area contributed by atoms with Gasteiger partial charge in [0.1, 0.15) is 0 Å². The van der Waals surface area contributed by atoms with Gasteiger partial charge in [0.15, 0.2) is 5.78 Å². The summed E-state index contributed by atoms with van der Waals surface area (Å²) in [5, 5.41) is 7.09. The van der Waals surface area contributed by atoms with Gasteiger partial charge in [0.25, 0.3) is 5.60 Å². The van der Waals surface area contributed by atoms with Crippen molar-refractivity contribution in [2.45, 2.75) is 38.0 Å². The molecular formula is C21H18Cl3F3N2O2. The highest BCUT2D eigenvalue weighted by Crippen LogP contribution is 2.49. The third-order valence-corrected chi connectivity index (χ3v) is 5.59. The summed E-state index contributed by atoms with van der Waals surface area (Å²) in [4.78, 5) is 16.8. The molecule has 0 aromatic heterocycles. The molecule has 1 heterocycles. The quantitative estimate of drug-likeness (QED) is 0.451. The van der Waals surface area contributed by atoms with Crippen molar-refractivity contribution in [2.24, 2.45) is 5.16 Å². The molecular weight excluding hydrogens is 476 g/mol. The number of nitrogens with zero attached hydrogens (tertiary/aromatic N) is 1. The number of carbonyl (C=O) groups is 1. The Morgan fingerprint density at radius 3 is 2.45 bits per heavy atom. The summed E-state index contributed by atoms with van der Waals surface area (Å²) in [6, 6.07) is 8.27. The molecule has 4 nitrogen and oxygen atoms in total. The molecule has 0 saturated heterocycles. The molecule has 2 aromatic rings. The number of carbonyl (C=O) groups excluding carboxylic acids is 1. The minimum absolute atomic E-state index is 0.000525. The van der Waals surface area contributed by atoms with Gasteiger partial charge in [-0.3, -0.25) is 4.79 Å². The largest absolute Gasteiger partial charge is 0.435 e. The molecule has 31 heavy (non-hydrogen) atoms. The van der Waals surface area contributed by atoms with Gasteiger partial charge in [-0.2, -0.15) is 13.2 Å². The average Bonchev–Trinajstić information content (AvgIpc) is 3.14. The third kappa shape index (κ3) is 5.10. The molecule has 10 heteroatoms. The molecule has 0 bridgehead atoms. The van der Waals surface area contributed by atoms with Crippen molar-refractivity contribution in [3.05, 3.63) is 62.6 Å². The van der Waals surface area contributed by atoms with Crippen LogP contribution in [0.4, 0.5) is 18.9 Å². The Hall–Kier alpha value is -1.96. The van der Waals surface area contributed by atoms with Gasteiger partial charge < -0.3 is 10.2 Å². The minimum atomic E-state index is -4.79. The van der Waals surface area contributed by atoms with Crippen molar-refractivity contribution in [2.75, 3.05) is 11.9 Å². The van der Waals surface area contributed by atoms with Crippen LogP contribution in [0.15, 0.2) is 41.6 Å². The standard InChI is InChI=1S/C21H18Cl3F3N2O2/c1-2-3-16(30)11-28-18-6-12(4-5-17(18)24)19-10-20(31-29-19,21(25,26)27)13-7-14(22)9-15(23)8-13/h4-9,28H,2-3,10-11H2,1H3. The fourth-order valence-corrected chi connectivity index (χ4v) is 3.96. The van der Waals surface area contributed by atoms with Crippen LogP contribution < -0.4 is 5.32 Å². The number of ketones is 1. The minimum Gasteiger partial charge on any atom is -0.377 e. The molecule has 3 rings (SSSR count). The lowest BCUT2D eigenvalue weighted by atomic mass is 9.86. The number of rotatable bonds is 7. The van der Waals surface area contributed by atoms with Crippen LogP contribution in [0.2, 0.25) is 15.1 Å². The molecule has 1 aliphatic heterocycles. The van der Waals surface area contributed by atoms with Gasteiger partial charge in [-0.05, 0) is 36.8 Å². The maximum absolute atomic E-state index is 14.1. The van der Waals surface area contributed by atoms with Crippen LogP contribution in [0.1, 0.15) is 37.3 Å². The highest BCUT2D eigenvalue weighted by Gasteiger charge is 2.62. The van der Waals surface area contributed by atoms with E-state index in [1.807, 2.05) is 6.92 Å². The van der Waals surface area contributed by atoms with E-state index in [0.717, 1.165) is 18.6 Å². The molecule has 1 N–H and O–H groups in total. The van der Waals surface area contributed by atoms with Crippen molar-refractivity contribution in [1.29, 1.82) is 0 Å². The zero-order valence-electron chi connectivity index (χ0n) is 16.3. The van der Waals surface area contributed by atoms with Crippen LogP contribution in [-0.4, -0.2) is 24.2 Å². The van der Waals surface area contributed by atoms with E-state index in [2.05, 4.69) is 10.5 Å². The second-order valence-electron chi connectivity index (χ2n) is 7.13. The summed E-state index contributed by atoms with van der Waals surface area (Å²) in [7, 11) is 0. The van der Waals surface area contributed by atoms with Crippen LogP contribution in [0.25, 0.3) is 0 Å². The Bertz CT molecular complexity index is 1010. The molecule has 1 atom stereocenters. The Labute approximate surface area is 192 Å². The predicted octanol–water partition coefficient (Wildman–Crippen LogP) is 7.01. The van der Waals surface area contributed by atoms with Gasteiger partial charge in [-0.15, -0.1) is 0 Å². The molecule has 1 aliphatic rings. The average molecular weight is 494 g/mol. The molecule has 0 fully saturated rings. The van der Waals surface area contributed by atoms with Gasteiger partial charge in [-0.25, -0.2) is 0 Å². The number of halogens is 6. The lowest BCUT2D eigenvalue weighted by molar-refractivity contribution is -0.275. The van der Waals surface area contributed by atoms with E-state index in [-0.39, 0.29) is 33.6 Å². The van der Waals surface area contributed by atoms with Crippen molar-refractivity contribution >= 4 is 52.0 Å². The monoisotopic (exact) mass is 492 g/mol. The first kappa shape index (κ1) is 23.7. The highest BCUT2D eigenvalue weighted by molar-refractivity contribution is 6.34. The predicted molar refractivity (Wildman–Crippen MR) is 116 cm³/mol. The maximum Gasteiger partial charge on any atom is 0.435 e. The second-order valence-corrected chi connectivity index (χ2v) is 8.41. The summed E-state index contributed by atoms with van der Waals surface area (Å²) in [6.45, 7) is 1.96. The summed E-state index contributed by atoms with van der Waals surface area (Å²) < 4.78 is 42.4. The summed E-state index contributed by atoms with van der Waals surface area (Å²) in [6.07, 6.45) is -4.23. The van der Waals surface area contributed by atoms with Crippen molar-refractivity contribution in [1.82, 2.24) is 0 Å².